The van der Waals surface area contributed by atoms with E-state index in [9.17, 15) is 9.90 Å². The van der Waals surface area contributed by atoms with Gasteiger partial charge in [-0.3, -0.25) is 4.79 Å². The number of carbonyl (C=O) groups is 1. The van der Waals surface area contributed by atoms with Crippen molar-refractivity contribution < 1.29 is 9.90 Å². The lowest BCUT2D eigenvalue weighted by Crippen LogP contribution is -2.35. The summed E-state index contributed by atoms with van der Waals surface area (Å²) in [6.07, 6.45) is 5.90. The average Bonchev–Trinajstić information content (AvgIpc) is 2.34. The molecule has 1 saturated carbocycles. The molecule has 94 valence electrons. The summed E-state index contributed by atoms with van der Waals surface area (Å²) in [6.45, 7) is 0.967. The number of rotatable bonds is 6. The van der Waals surface area contributed by atoms with Crippen molar-refractivity contribution in [3.8, 4) is 0 Å². The van der Waals surface area contributed by atoms with Crippen LogP contribution in [-0.2, 0) is 4.79 Å². The maximum atomic E-state index is 11.4. The van der Waals surface area contributed by atoms with Crippen LogP contribution in [0, 0.1) is 11.8 Å². The molecule has 0 spiro atoms. The van der Waals surface area contributed by atoms with Crippen molar-refractivity contribution in [1.82, 2.24) is 5.32 Å². The zero-order valence-corrected chi connectivity index (χ0v) is 10.5. The van der Waals surface area contributed by atoms with E-state index in [-0.39, 0.29) is 12.5 Å². The van der Waals surface area contributed by atoms with Crippen molar-refractivity contribution >= 4 is 17.5 Å². The van der Waals surface area contributed by atoms with Crippen LogP contribution in [0.15, 0.2) is 0 Å². The molecule has 4 heteroatoms. The number of nitrogens with one attached hydrogen (secondary N) is 1. The lowest BCUT2D eigenvalue weighted by molar-refractivity contribution is -0.121. The summed E-state index contributed by atoms with van der Waals surface area (Å²) in [5.41, 5.74) is 0. The molecule has 2 unspecified atom stereocenters. The second-order valence-electron chi connectivity index (χ2n) is 4.58. The van der Waals surface area contributed by atoms with Crippen molar-refractivity contribution in [3.63, 3.8) is 0 Å². The van der Waals surface area contributed by atoms with Crippen LogP contribution in [0.1, 0.15) is 38.5 Å². The van der Waals surface area contributed by atoms with Gasteiger partial charge in [-0.15, -0.1) is 11.6 Å². The molecule has 1 aliphatic carbocycles. The van der Waals surface area contributed by atoms with Crippen LogP contribution < -0.4 is 5.32 Å². The lowest BCUT2D eigenvalue weighted by atomic mass is 9.79. The van der Waals surface area contributed by atoms with Gasteiger partial charge in [-0.25, -0.2) is 0 Å². The Hall–Kier alpha value is -0.280. The maximum absolute atomic E-state index is 11.4. The first-order valence-corrected chi connectivity index (χ1v) is 6.75. The standard InChI is InChI=1S/C12H22ClNO2/c13-7-3-6-12(16)14-8-10-4-1-2-5-11(10)9-15/h10-11,15H,1-9H2,(H,14,16). The van der Waals surface area contributed by atoms with E-state index in [0.29, 0.717) is 30.7 Å². The second kappa shape index (κ2) is 7.91. The molecule has 3 nitrogen and oxygen atoms in total. The average molecular weight is 248 g/mol. The van der Waals surface area contributed by atoms with Gasteiger partial charge < -0.3 is 10.4 Å². The van der Waals surface area contributed by atoms with Crippen molar-refractivity contribution in [2.45, 2.75) is 38.5 Å². The highest BCUT2D eigenvalue weighted by molar-refractivity contribution is 6.17. The molecular weight excluding hydrogens is 226 g/mol. The summed E-state index contributed by atoms with van der Waals surface area (Å²) in [5.74, 6) is 1.46. The van der Waals surface area contributed by atoms with E-state index in [2.05, 4.69) is 5.32 Å². The number of hydrogen-bond acceptors (Lipinski definition) is 2. The number of carbonyl (C=O) groups excluding carboxylic acids is 1. The monoisotopic (exact) mass is 247 g/mol. The Kier molecular flexibility index (Phi) is 6.81. The Labute approximate surface area is 103 Å². The molecule has 0 aromatic rings. The number of alkyl halides is 1. The van der Waals surface area contributed by atoms with Gasteiger partial charge in [0.15, 0.2) is 0 Å². The van der Waals surface area contributed by atoms with E-state index < -0.39 is 0 Å². The van der Waals surface area contributed by atoms with E-state index in [1.54, 1.807) is 0 Å². The van der Waals surface area contributed by atoms with Gasteiger partial charge in [0.05, 0.1) is 0 Å². The van der Waals surface area contributed by atoms with Crippen molar-refractivity contribution in [2.75, 3.05) is 19.0 Å². The summed E-state index contributed by atoms with van der Waals surface area (Å²) >= 11 is 5.53. The minimum absolute atomic E-state index is 0.0860. The molecule has 0 heterocycles. The highest BCUT2D eigenvalue weighted by Gasteiger charge is 2.24. The van der Waals surface area contributed by atoms with E-state index in [1.807, 2.05) is 0 Å². The SMILES string of the molecule is O=C(CCCCl)NCC1CCCCC1CO. The van der Waals surface area contributed by atoms with Crippen LogP contribution in [0.25, 0.3) is 0 Å². The Bertz CT molecular complexity index is 211. The summed E-state index contributed by atoms with van der Waals surface area (Å²) in [4.78, 5) is 11.4. The summed E-state index contributed by atoms with van der Waals surface area (Å²) < 4.78 is 0. The Morgan fingerprint density at radius 3 is 2.62 bits per heavy atom. The molecule has 2 N–H and O–H groups in total. The predicted molar refractivity (Wildman–Crippen MR) is 65.5 cm³/mol. The van der Waals surface area contributed by atoms with Gasteiger partial charge in [0, 0.05) is 25.5 Å². The fourth-order valence-corrected chi connectivity index (χ4v) is 2.49. The van der Waals surface area contributed by atoms with Crippen molar-refractivity contribution in [2.24, 2.45) is 11.8 Å². The highest BCUT2D eigenvalue weighted by atomic mass is 35.5. The van der Waals surface area contributed by atoms with Crippen molar-refractivity contribution in [3.05, 3.63) is 0 Å². The second-order valence-corrected chi connectivity index (χ2v) is 4.96. The topological polar surface area (TPSA) is 49.3 Å². The van der Waals surface area contributed by atoms with Gasteiger partial charge in [-0.2, -0.15) is 0 Å². The molecule has 2 atom stereocenters. The quantitative estimate of drug-likeness (QED) is 0.705. The first-order chi connectivity index (χ1) is 7.77. The largest absolute Gasteiger partial charge is 0.396 e. The summed E-state index contributed by atoms with van der Waals surface area (Å²) in [7, 11) is 0. The third-order valence-corrected chi connectivity index (χ3v) is 3.67. The normalized spacial score (nSPS) is 25.4. The third-order valence-electron chi connectivity index (χ3n) is 3.40. The minimum atomic E-state index is 0.0860. The Morgan fingerprint density at radius 1 is 1.31 bits per heavy atom. The predicted octanol–water partition coefficient (Wildman–Crippen LogP) is 1.92. The molecular formula is C12H22ClNO2. The first-order valence-electron chi connectivity index (χ1n) is 6.21. The number of amides is 1. The van der Waals surface area contributed by atoms with Gasteiger partial charge in [0.2, 0.25) is 5.91 Å². The smallest absolute Gasteiger partial charge is 0.220 e. The molecule has 1 fully saturated rings. The number of aliphatic hydroxyl groups excluding tert-OH is 1. The first kappa shape index (κ1) is 13.8. The molecule has 16 heavy (non-hydrogen) atoms. The zero-order chi connectivity index (χ0) is 11.8. The molecule has 0 aliphatic heterocycles. The molecule has 1 aliphatic rings. The van der Waals surface area contributed by atoms with Gasteiger partial charge in [-0.1, -0.05) is 12.8 Å². The van der Waals surface area contributed by atoms with Crippen LogP contribution in [0.2, 0.25) is 0 Å². The van der Waals surface area contributed by atoms with Gasteiger partial charge >= 0.3 is 0 Å². The number of aliphatic hydroxyl groups is 1. The third kappa shape index (κ3) is 4.71. The van der Waals surface area contributed by atoms with E-state index in [4.69, 9.17) is 11.6 Å². The molecule has 0 radical (unpaired) electrons. The molecule has 0 aromatic heterocycles. The fourth-order valence-electron chi connectivity index (χ4n) is 2.35. The minimum Gasteiger partial charge on any atom is -0.396 e. The molecule has 1 rings (SSSR count). The van der Waals surface area contributed by atoms with E-state index in [1.165, 1.54) is 12.8 Å². The van der Waals surface area contributed by atoms with E-state index >= 15 is 0 Å². The summed E-state index contributed by atoms with van der Waals surface area (Å²) in [6, 6.07) is 0. The number of hydrogen-bond donors (Lipinski definition) is 2. The Balaban J connectivity index is 2.21. The van der Waals surface area contributed by atoms with Crippen molar-refractivity contribution in [1.29, 1.82) is 0 Å². The highest BCUT2D eigenvalue weighted by Crippen LogP contribution is 2.28. The molecule has 0 saturated heterocycles. The number of halogens is 1. The van der Waals surface area contributed by atoms with Crippen LogP contribution in [-0.4, -0.2) is 30.0 Å². The lowest BCUT2D eigenvalue weighted by Gasteiger charge is -2.30. The van der Waals surface area contributed by atoms with Gasteiger partial charge in [-0.05, 0) is 31.1 Å². The van der Waals surface area contributed by atoms with Gasteiger partial charge in [0.25, 0.3) is 0 Å². The van der Waals surface area contributed by atoms with Crippen LogP contribution in [0.3, 0.4) is 0 Å². The fraction of sp³-hybridized carbons (Fsp3) is 0.917. The molecule has 1 amide bonds. The van der Waals surface area contributed by atoms with Crippen LogP contribution in [0.4, 0.5) is 0 Å². The van der Waals surface area contributed by atoms with Crippen LogP contribution in [0.5, 0.6) is 0 Å². The maximum Gasteiger partial charge on any atom is 0.220 e. The van der Waals surface area contributed by atoms with E-state index in [0.717, 1.165) is 19.3 Å². The summed E-state index contributed by atoms with van der Waals surface area (Å²) in [5, 5.41) is 12.2. The Morgan fingerprint density at radius 2 is 2.00 bits per heavy atom. The molecule has 0 bridgehead atoms. The molecule has 0 aromatic carbocycles. The van der Waals surface area contributed by atoms with Gasteiger partial charge in [0.1, 0.15) is 0 Å². The zero-order valence-electron chi connectivity index (χ0n) is 9.75. The van der Waals surface area contributed by atoms with Crippen LogP contribution >= 0.6 is 11.6 Å².